The van der Waals surface area contributed by atoms with Gasteiger partial charge in [0.1, 0.15) is 0 Å². The first-order chi connectivity index (χ1) is 8.69. The van der Waals surface area contributed by atoms with Crippen molar-refractivity contribution in [2.24, 2.45) is 4.99 Å². The van der Waals surface area contributed by atoms with E-state index in [2.05, 4.69) is 15.6 Å². The van der Waals surface area contributed by atoms with Crippen LogP contribution in [-0.4, -0.2) is 35.5 Å². The Morgan fingerprint density at radius 2 is 1.72 bits per heavy atom. The lowest BCUT2D eigenvalue weighted by molar-refractivity contribution is -0.135. The highest BCUT2D eigenvalue weighted by Crippen LogP contribution is 2.05. The maximum atomic E-state index is 10.9. The highest BCUT2D eigenvalue weighted by atomic mass is 16.3. The number of carbonyl (C=O) groups excluding carboxylic acids is 2. The summed E-state index contributed by atoms with van der Waals surface area (Å²) in [4.78, 5) is 26.0. The Morgan fingerprint density at radius 3 is 2.28 bits per heavy atom. The van der Waals surface area contributed by atoms with Crippen LogP contribution in [0.2, 0.25) is 0 Å². The molecule has 94 valence electrons. The molecule has 6 heteroatoms. The maximum Gasteiger partial charge on any atom is 0.316 e. The van der Waals surface area contributed by atoms with Gasteiger partial charge in [-0.05, 0) is 12.0 Å². The van der Waals surface area contributed by atoms with E-state index in [0.717, 1.165) is 5.56 Å². The second-order valence-electron chi connectivity index (χ2n) is 3.91. The number of nitrogens with zero attached hydrogens (tertiary/aromatic N) is 1. The van der Waals surface area contributed by atoms with Crippen LogP contribution in [0.25, 0.3) is 0 Å². The number of hydrogen-bond acceptors (Lipinski definition) is 4. The van der Waals surface area contributed by atoms with Crippen LogP contribution in [0.1, 0.15) is 5.56 Å². The normalized spacial score (nSPS) is 16.2. The van der Waals surface area contributed by atoms with Gasteiger partial charge in [-0.15, -0.1) is 0 Å². The van der Waals surface area contributed by atoms with Crippen LogP contribution < -0.4 is 10.6 Å². The zero-order chi connectivity index (χ0) is 13.0. The Morgan fingerprint density at radius 1 is 1.11 bits per heavy atom. The van der Waals surface area contributed by atoms with Crippen LogP contribution in [-0.2, 0) is 16.0 Å². The first-order valence-electron chi connectivity index (χ1n) is 5.54. The third-order valence-electron chi connectivity index (χ3n) is 2.51. The SMILES string of the molecule is O=C1NC(=NC(CO)Cc2ccccc2)NC1=O. The van der Waals surface area contributed by atoms with Gasteiger partial charge in [-0.2, -0.15) is 0 Å². The summed E-state index contributed by atoms with van der Waals surface area (Å²) >= 11 is 0. The number of carbonyl (C=O) groups is 2. The number of guanidine groups is 1. The molecule has 1 fully saturated rings. The molecular formula is C12H13N3O3. The van der Waals surface area contributed by atoms with Crippen molar-refractivity contribution in [3.63, 3.8) is 0 Å². The van der Waals surface area contributed by atoms with Gasteiger partial charge in [-0.1, -0.05) is 30.3 Å². The lowest BCUT2D eigenvalue weighted by atomic mass is 10.1. The summed E-state index contributed by atoms with van der Waals surface area (Å²) in [5.41, 5.74) is 1.02. The average molecular weight is 247 g/mol. The van der Waals surface area contributed by atoms with E-state index in [-0.39, 0.29) is 12.6 Å². The van der Waals surface area contributed by atoms with Crippen molar-refractivity contribution >= 4 is 17.8 Å². The molecular weight excluding hydrogens is 234 g/mol. The average Bonchev–Trinajstić information content (AvgIpc) is 2.69. The quantitative estimate of drug-likeness (QED) is 0.608. The molecule has 2 amide bonds. The number of benzene rings is 1. The number of nitrogens with one attached hydrogen (secondary N) is 2. The van der Waals surface area contributed by atoms with Crippen LogP contribution >= 0.6 is 0 Å². The smallest absolute Gasteiger partial charge is 0.316 e. The standard InChI is InChI=1S/C12H13N3O3/c16-7-9(6-8-4-2-1-3-5-8)13-12-14-10(17)11(18)15-12/h1-5,9,16H,6-7H2,(H2,13,14,15,17,18). The van der Waals surface area contributed by atoms with E-state index < -0.39 is 17.9 Å². The summed E-state index contributed by atoms with van der Waals surface area (Å²) in [5.74, 6) is -1.37. The summed E-state index contributed by atoms with van der Waals surface area (Å²) in [6.07, 6.45) is 0.534. The summed E-state index contributed by atoms with van der Waals surface area (Å²) in [6, 6.07) is 9.15. The minimum absolute atomic E-state index is 0.0972. The first kappa shape index (κ1) is 12.3. The van der Waals surface area contributed by atoms with Crippen LogP contribution in [0.15, 0.2) is 35.3 Å². The molecule has 6 nitrogen and oxygen atoms in total. The second-order valence-corrected chi connectivity index (χ2v) is 3.91. The van der Waals surface area contributed by atoms with Gasteiger partial charge in [0.15, 0.2) is 0 Å². The molecule has 1 unspecified atom stereocenters. The molecule has 1 atom stereocenters. The highest BCUT2D eigenvalue weighted by molar-refractivity contribution is 6.45. The fraction of sp³-hybridized carbons (Fsp3) is 0.250. The molecule has 3 N–H and O–H groups in total. The number of rotatable bonds is 4. The zero-order valence-corrected chi connectivity index (χ0v) is 9.59. The van der Waals surface area contributed by atoms with Crippen LogP contribution in [0, 0.1) is 0 Å². The van der Waals surface area contributed by atoms with E-state index in [9.17, 15) is 14.7 Å². The van der Waals surface area contributed by atoms with Crippen molar-refractivity contribution in [1.82, 2.24) is 10.6 Å². The van der Waals surface area contributed by atoms with E-state index >= 15 is 0 Å². The minimum Gasteiger partial charge on any atom is -0.394 e. The molecule has 2 rings (SSSR count). The van der Waals surface area contributed by atoms with Gasteiger partial charge in [0.2, 0.25) is 5.96 Å². The predicted molar refractivity (Wildman–Crippen MR) is 64.7 cm³/mol. The summed E-state index contributed by atoms with van der Waals surface area (Å²) in [7, 11) is 0. The predicted octanol–water partition coefficient (Wildman–Crippen LogP) is -0.808. The van der Waals surface area contributed by atoms with Crippen LogP contribution in [0.5, 0.6) is 0 Å². The molecule has 0 bridgehead atoms. The highest BCUT2D eigenvalue weighted by Gasteiger charge is 2.25. The van der Waals surface area contributed by atoms with E-state index in [1.807, 2.05) is 30.3 Å². The Bertz CT molecular complexity index is 467. The van der Waals surface area contributed by atoms with Crippen molar-refractivity contribution in [3.8, 4) is 0 Å². The fourth-order valence-electron chi connectivity index (χ4n) is 1.64. The van der Waals surface area contributed by atoms with Crippen molar-refractivity contribution in [2.75, 3.05) is 6.61 Å². The fourth-order valence-corrected chi connectivity index (χ4v) is 1.64. The molecule has 0 aliphatic carbocycles. The molecule has 0 saturated carbocycles. The van der Waals surface area contributed by atoms with E-state index in [0.29, 0.717) is 6.42 Å². The van der Waals surface area contributed by atoms with Gasteiger partial charge in [-0.25, -0.2) is 4.99 Å². The van der Waals surface area contributed by atoms with E-state index in [1.54, 1.807) is 0 Å². The molecule has 1 heterocycles. The molecule has 1 saturated heterocycles. The molecule has 0 radical (unpaired) electrons. The van der Waals surface area contributed by atoms with Gasteiger partial charge in [0.25, 0.3) is 0 Å². The van der Waals surface area contributed by atoms with Gasteiger partial charge >= 0.3 is 11.8 Å². The second kappa shape index (κ2) is 5.42. The third-order valence-corrected chi connectivity index (χ3v) is 2.51. The lowest BCUT2D eigenvalue weighted by Crippen LogP contribution is -2.29. The van der Waals surface area contributed by atoms with Gasteiger partial charge in [0, 0.05) is 0 Å². The zero-order valence-electron chi connectivity index (χ0n) is 9.59. The Balaban J connectivity index is 2.04. The number of aliphatic hydroxyl groups excluding tert-OH is 1. The first-order valence-corrected chi connectivity index (χ1v) is 5.54. The van der Waals surface area contributed by atoms with Gasteiger partial charge < -0.3 is 5.11 Å². The Kier molecular flexibility index (Phi) is 3.69. The monoisotopic (exact) mass is 247 g/mol. The van der Waals surface area contributed by atoms with Crippen molar-refractivity contribution < 1.29 is 14.7 Å². The van der Waals surface area contributed by atoms with Crippen LogP contribution in [0.3, 0.4) is 0 Å². The molecule has 1 aliphatic heterocycles. The van der Waals surface area contributed by atoms with E-state index in [4.69, 9.17) is 0 Å². The summed E-state index contributed by atoms with van der Waals surface area (Å²) in [6.45, 7) is -0.163. The van der Waals surface area contributed by atoms with E-state index in [1.165, 1.54) is 0 Å². The largest absolute Gasteiger partial charge is 0.394 e. The van der Waals surface area contributed by atoms with Crippen molar-refractivity contribution in [1.29, 1.82) is 0 Å². The number of aliphatic hydroxyl groups is 1. The Labute approximate surface area is 104 Å². The molecule has 0 spiro atoms. The summed E-state index contributed by atoms with van der Waals surface area (Å²) < 4.78 is 0. The lowest BCUT2D eigenvalue weighted by Gasteiger charge is -2.10. The van der Waals surface area contributed by atoms with Crippen molar-refractivity contribution in [2.45, 2.75) is 12.5 Å². The topological polar surface area (TPSA) is 90.8 Å². The third kappa shape index (κ3) is 2.92. The molecule has 18 heavy (non-hydrogen) atoms. The maximum absolute atomic E-state index is 10.9. The van der Waals surface area contributed by atoms with Gasteiger partial charge in [-0.3, -0.25) is 20.2 Å². The Hall–Kier alpha value is -2.21. The summed E-state index contributed by atoms with van der Waals surface area (Å²) in [5, 5.41) is 13.8. The number of amides is 2. The molecule has 1 aromatic carbocycles. The van der Waals surface area contributed by atoms with Crippen molar-refractivity contribution in [3.05, 3.63) is 35.9 Å². The van der Waals surface area contributed by atoms with Crippen LogP contribution in [0.4, 0.5) is 0 Å². The van der Waals surface area contributed by atoms with Gasteiger partial charge in [0.05, 0.1) is 12.6 Å². The number of hydrogen-bond donors (Lipinski definition) is 3. The molecule has 1 aromatic rings. The molecule has 0 aromatic heterocycles. The minimum atomic E-state index is -0.731. The molecule has 1 aliphatic rings. The number of aliphatic imine (C=N–C) groups is 1.